The largest absolute Gasteiger partial charge is 0.377 e. The van der Waals surface area contributed by atoms with E-state index < -0.39 is 0 Å². The van der Waals surface area contributed by atoms with Crippen molar-refractivity contribution in [1.29, 1.82) is 0 Å². The minimum absolute atomic E-state index is 0.0512. The van der Waals surface area contributed by atoms with E-state index in [0.717, 1.165) is 25.1 Å². The molecule has 1 fully saturated rings. The Morgan fingerprint density at radius 2 is 2.11 bits per heavy atom. The van der Waals surface area contributed by atoms with Crippen molar-refractivity contribution < 1.29 is 14.1 Å². The first-order chi connectivity index (χ1) is 12.7. The van der Waals surface area contributed by atoms with E-state index in [4.69, 9.17) is 9.26 Å². The molecule has 2 atom stereocenters. The molecule has 0 unspecified atom stereocenters. The molecule has 27 heavy (non-hydrogen) atoms. The van der Waals surface area contributed by atoms with Crippen LogP contribution in [0, 0.1) is 18.3 Å². The smallest absolute Gasteiger partial charge is 0.259 e. The van der Waals surface area contributed by atoms with Crippen LogP contribution in [0.2, 0.25) is 0 Å². The van der Waals surface area contributed by atoms with E-state index in [-0.39, 0.29) is 23.3 Å². The molecule has 0 aliphatic carbocycles. The van der Waals surface area contributed by atoms with Crippen molar-refractivity contribution >= 4 is 17.0 Å². The average molecular weight is 373 g/mol. The molecule has 1 aliphatic heterocycles. The number of aromatic nitrogens is 2. The number of pyridine rings is 1. The fourth-order valence-corrected chi connectivity index (χ4v) is 3.92. The van der Waals surface area contributed by atoms with Gasteiger partial charge in [-0.3, -0.25) is 4.79 Å². The maximum Gasteiger partial charge on any atom is 0.259 e. The van der Waals surface area contributed by atoms with Crippen LogP contribution in [0.4, 0.5) is 0 Å². The summed E-state index contributed by atoms with van der Waals surface area (Å²) in [5.41, 5.74) is 2.59. The van der Waals surface area contributed by atoms with Gasteiger partial charge in [0.15, 0.2) is 0 Å². The van der Waals surface area contributed by atoms with Crippen molar-refractivity contribution in [2.24, 2.45) is 11.3 Å². The van der Waals surface area contributed by atoms with Crippen molar-refractivity contribution in [3.63, 3.8) is 0 Å². The molecule has 2 aromatic heterocycles. The topological polar surface area (TPSA) is 77.2 Å². The van der Waals surface area contributed by atoms with Crippen LogP contribution in [-0.4, -0.2) is 35.3 Å². The predicted molar refractivity (Wildman–Crippen MR) is 105 cm³/mol. The highest BCUT2D eigenvalue weighted by molar-refractivity contribution is 6.06. The van der Waals surface area contributed by atoms with Gasteiger partial charge in [-0.15, -0.1) is 0 Å². The van der Waals surface area contributed by atoms with Gasteiger partial charge in [-0.1, -0.05) is 39.8 Å². The van der Waals surface area contributed by atoms with Gasteiger partial charge in [0, 0.05) is 24.8 Å². The van der Waals surface area contributed by atoms with Gasteiger partial charge >= 0.3 is 0 Å². The van der Waals surface area contributed by atoms with Gasteiger partial charge in [0.05, 0.1) is 22.7 Å². The van der Waals surface area contributed by atoms with Crippen LogP contribution in [0.1, 0.15) is 75.1 Å². The van der Waals surface area contributed by atoms with Gasteiger partial charge in [0.2, 0.25) is 0 Å². The van der Waals surface area contributed by atoms with Crippen molar-refractivity contribution in [3.8, 4) is 0 Å². The summed E-state index contributed by atoms with van der Waals surface area (Å²) < 4.78 is 11.4. The number of aryl methyl sites for hydroxylation is 1. The molecule has 6 heteroatoms. The molecular weight excluding hydrogens is 342 g/mol. The molecule has 3 rings (SSSR count). The first-order valence-corrected chi connectivity index (χ1v) is 9.85. The third kappa shape index (κ3) is 4.15. The Kier molecular flexibility index (Phi) is 5.56. The second kappa shape index (κ2) is 7.58. The molecule has 0 spiro atoms. The molecule has 2 aromatic rings. The lowest BCUT2D eigenvalue weighted by Gasteiger charge is -2.40. The highest BCUT2D eigenvalue weighted by Gasteiger charge is 2.35. The maximum absolute atomic E-state index is 13.0. The number of rotatable bonds is 4. The van der Waals surface area contributed by atoms with Crippen LogP contribution in [0.25, 0.3) is 11.1 Å². The van der Waals surface area contributed by atoms with Gasteiger partial charge in [0.1, 0.15) is 0 Å². The number of hydrogen-bond acceptors (Lipinski definition) is 5. The van der Waals surface area contributed by atoms with Crippen molar-refractivity contribution in [1.82, 2.24) is 15.5 Å². The van der Waals surface area contributed by atoms with E-state index in [1.165, 1.54) is 0 Å². The maximum atomic E-state index is 13.0. The third-order valence-corrected chi connectivity index (χ3v) is 5.30. The summed E-state index contributed by atoms with van der Waals surface area (Å²) in [6, 6.07) is 1.87. The molecule has 1 saturated heterocycles. The fraction of sp³-hybridized carbons (Fsp3) is 0.667. The predicted octanol–water partition coefficient (Wildman–Crippen LogP) is 4.23. The summed E-state index contributed by atoms with van der Waals surface area (Å²) in [6.45, 7) is 13.9. The quantitative estimate of drug-likeness (QED) is 0.868. The van der Waals surface area contributed by atoms with Crippen LogP contribution in [0.5, 0.6) is 0 Å². The Bertz CT molecular complexity index is 820. The first kappa shape index (κ1) is 19.8. The number of carbonyl (C=O) groups is 1. The number of carbonyl (C=O) groups excluding carboxylic acids is 1. The fourth-order valence-electron chi connectivity index (χ4n) is 3.92. The summed E-state index contributed by atoms with van der Waals surface area (Å²) in [5.74, 6) is 0.408. The van der Waals surface area contributed by atoms with Gasteiger partial charge in [0.25, 0.3) is 11.6 Å². The van der Waals surface area contributed by atoms with Gasteiger partial charge in [-0.05, 0) is 37.2 Å². The molecule has 1 aliphatic rings. The second-order valence-electron chi connectivity index (χ2n) is 8.97. The monoisotopic (exact) mass is 373 g/mol. The Hall–Kier alpha value is -1.95. The first-order valence-electron chi connectivity index (χ1n) is 9.85. The normalized spacial score (nSPS) is 21.0. The zero-order valence-electron chi connectivity index (χ0n) is 17.3. The number of fused-ring (bicyclic) bond motifs is 1. The van der Waals surface area contributed by atoms with E-state index >= 15 is 0 Å². The summed E-state index contributed by atoms with van der Waals surface area (Å²) in [7, 11) is 0. The minimum atomic E-state index is -0.103. The standard InChI is InChI=1S/C21H31N3O3/c1-12(2)16-10-15(17-13(3)24-27-20(17)23-16)19(25)22-11-14-8-7-9-26-18(14)21(4,5)6/h10,12,14,18H,7-9,11H2,1-6H3,(H,22,25)/t14-,18+/m0/s1. The second-order valence-corrected chi connectivity index (χ2v) is 8.97. The molecule has 148 valence electrons. The molecule has 0 aromatic carbocycles. The van der Waals surface area contributed by atoms with Crippen LogP contribution in [0.15, 0.2) is 10.6 Å². The molecule has 0 radical (unpaired) electrons. The zero-order valence-corrected chi connectivity index (χ0v) is 17.3. The molecule has 3 heterocycles. The Balaban J connectivity index is 1.82. The third-order valence-electron chi connectivity index (χ3n) is 5.30. The van der Waals surface area contributed by atoms with E-state index in [2.05, 4.69) is 36.2 Å². The Morgan fingerprint density at radius 1 is 1.37 bits per heavy atom. The van der Waals surface area contributed by atoms with Crippen LogP contribution >= 0.6 is 0 Å². The zero-order chi connectivity index (χ0) is 19.8. The van der Waals surface area contributed by atoms with Crippen molar-refractivity contribution in [2.45, 2.75) is 66.4 Å². The number of nitrogens with zero attached hydrogens (tertiary/aromatic N) is 2. The van der Waals surface area contributed by atoms with Crippen molar-refractivity contribution in [3.05, 3.63) is 23.0 Å². The summed E-state index contributed by atoms with van der Waals surface area (Å²) in [4.78, 5) is 17.5. The molecule has 0 saturated carbocycles. The van der Waals surface area contributed by atoms with Crippen molar-refractivity contribution in [2.75, 3.05) is 13.2 Å². The molecule has 1 amide bonds. The Morgan fingerprint density at radius 3 is 2.78 bits per heavy atom. The number of amides is 1. The number of nitrogens with one attached hydrogen (secondary N) is 1. The van der Waals surface area contributed by atoms with Crippen LogP contribution < -0.4 is 5.32 Å². The highest BCUT2D eigenvalue weighted by Crippen LogP contribution is 2.34. The summed E-state index contributed by atoms with van der Waals surface area (Å²) in [5, 5.41) is 7.82. The van der Waals surface area contributed by atoms with Gasteiger partial charge in [-0.2, -0.15) is 0 Å². The van der Waals surface area contributed by atoms with Crippen LogP contribution in [-0.2, 0) is 4.74 Å². The van der Waals surface area contributed by atoms with Crippen LogP contribution in [0.3, 0.4) is 0 Å². The summed E-state index contributed by atoms with van der Waals surface area (Å²) in [6.07, 6.45) is 2.25. The lowest BCUT2D eigenvalue weighted by Crippen LogP contribution is -2.45. The number of hydrogen-bond donors (Lipinski definition) is 1. The highest BCUT2D eigenvalue weighted by atomic mass is 16.5. The van der Waals surface area contributed by atoms with E-state index in [9.17, 15) is 4.79 Å². The lowest BCUT2D eigenvalue weighted by molar-refractivity contribution is -0.0839. The molecule has 1 N–H and O–H groups in total. The Labute approximate surface area is 161 Å². The molecular formula is C21H31N3O3. The number of ether oxygens (including phenoxy) is 1. The lowest BCUT2D eigenvalue weighted by atomic mass is 9.78. The molecule has 0 bridgehead atoms. The van der Waals surface area contributed by atoms with E-state index in [1.54, 1.807) is 0 Å². The molecule has 6 nitrogen and oxygen atoms in total. The minimum Gasteiger partial charge on any atom is -0.377 e. The van der Waals surface area contributed by atoms with Gasteiger partial charge in [-0.25, -0.2) is 4.98 Å². The van der Waals surface area contributed by atoms with E-state index in [0.29, 0.717) is 34.8 Å². The van der Waals surface area contributed by atoms with Gasteiger partial charge < -0.3 is 14.6 Å². The SMILES string of the molecule is Cc1noc2nc(C(C)C)cc(C(=O)NC[C@@H]3CCCO[C@H]3C(C)(C)C)c12. The summed E-state index contributed by atoms with van der Waals surface area (Å²) >= 11 is 0. The van der Waals surface area contributed by atoms with E-state index in [1.807, 2.05) is 26.8 Å². The average Bonchev–Trinajstić information content (AvgIpc) is 2.99.